The molecule has 21 heteroatoms. The third-order valence-electron chi connectivity index (χ3n) is 3.85. The number of anilines is 1. The topological polar surface area (TPSA) is 273 Å². The Bertz CT molecular complexity index is 1070. The molecule has 33 heavy (non-hydrogen) atoms. The molecular formula is C12H20N3O15P3. The lowest BCUT2D eigenvalue weighted by molar-refractivity contribution is -0.115. The second kappa shape index (κ2) is 10.5. The summed E-state index contributed by atoms with van der Waals surface area (Å²) in [6, 6.07) is 1.21. The Morgan fingerprint density at radius 3 is 2.33 bits per heavy atom. The third-order valence-corrected chi connectivity index (χ3v) is 7.65. The molecule has 0 saturated carbocycles. The maximum absolute atomic E-state index is 12.2. The molecule has 18 nitrogen and oxygen atoms in total. The zero-order valence-corrected chi connectivity index (χ0v) is 19.2. The summed E-state index contributed by atoms with van der Waals surface area (Å²) < 4.78 is 51.1. The lowest BCUT2D eigenvalue weighted by Gasteiger charge is -2.19. The van der Waals surface area contributed by atoms with E-state index in [2.05, 4.69) is 23.4 Å². The fourth-order valence-electron chi connectivity index (χ4n) is 2.47. The smallest absolute Gasteiger partial charge is 0.387 e. The first-order valence-corrected chi connectivity index (χ1v) is 13.2. The van der Waals surface area contributed by atoms with Gasteiger partial charge in [-0.05, 0) is 6.07 Å². The van der Waals surface area contributed by atoms with Crippen molar-refractivity contribution in [3.63, 3.8) is 0 Å². The van der Waals surface area contributed by atoms with Crippen LogP contribution in [0.1, 0.15) is 19.6 Å². The van der Waals surface area contributed by atoms with Crippen molar-refractivity contribution in [2.45, 2.75) is 37.9 Å². The van der Waals surface area contributed by atoms with Crippen LogP contribution >= 0.6 is 23.5 Å². The van der Waals surface area contributed by atoms with Gasteiger partial charge in [0, 0.05) is 12.6 Å². The van der Waals surface area contributed by atoms with Crippen molar-refractivity contribution in [3.8, 4) is 0 Å². The van der Waals surface area contributed by atoms with Crippen molar-refractivity contribution in [1.29, 1.82) is 0 Å². The van der Waals surface area contributed by atoms with E-state index in [1.165, 1.54) is 6.07 Å². The maximum Gasteiger partial charge on any atom is 0.490 e. The number of hydrogen-bond acceptors (Lipinski definition) is 12. The number of nitrogens with one attached hydrogen (secondary N) is 1. The van der Waals surface area contributed by atoms with Crippen LogP contribution in [0.5, 0.6) is 0 Å². The van der Waals surface area contributed by atoms with Crippen LogP contribution in [0.15, 0.2) is 17.1 Å². The molecule has 0 bridgehead atoms. The molecule has 1 aliphatic heterocycles. The highest BCUT2D eigenvalue weighted by molar-refractivity contribution is 7.66. The highest BCUT2D eigenvalue weighted by Gasteiger charge is 2.46. The van der Waals surface area contributed by atoms with E-state index >= 15 is 0 Å². The number of phosphoric acid groups is 3. The summed E-state index contributed by atoms with van der Waals surface area (Å²) >= 11 is 0. The van der Waals surface area contributed by atoms with E-state index in [4.69, 9.17) is 19.4 Å². The number of carbonyl (C=O) groups excluding carboxylic acids is 1. The molecule has 1 aromatic heterocycles. The Kier molecular flexibility index (Phi) is 8.87. The van der Waals surface area contributed by atoms with E-state index in [-0.39, 0.29) is 12.2 Å². The summed E-state index contributed by atoms with van der Waals surface area (Å²) in [5, 5.41) is 22.6. The number of nitrogens with zero attached hydrogens (tertiary/aromatic N) is 2. The zero-order valence-electron chi connectivity index (χ0n) is 16.5. The van der Waals surface area contributed by atoms with Crippen LogP contribution in [0.3, 0.4) is 0 Å². The molecule has 0 aromatic carbocycles. The average Bonchev–Trinajstić information content (AvgIpc) is 2.92. The van der Waals surface area contributed by atoms with Gasteiger partial charge in [0.25, 0.3) is 0 Å². The van der Waals surface area contributed by atoms with Gasteiger partial charge in [0.2, 0.25) is 5.91 Å². The highest BCUT2D eigenvalue weighted by atomic mass is 31.3. The summed E-state index contributed by atoms with van der Waals surface area (Å²) in [7, 11) is -16.8. The Hall–Kier alpha value is -1.36. The second-order valence-electron chi connectivity index (χ2n) is 6.34. The van der Waals surface area contributed by atoms with Crippen molar-refractivity contribution in [2.24, 2.45) is 0 Å². The van der Waals surface area contributed by atoms with Crippen molar-refractivity contribution in [3.05, 3.63) is 22.7 Å². The van der Waals surface area contributed by atoms with Crippen LogP contribution in [-0.2, 0) is 36.4 Å². The molecule has 7 N–H and O–H groups in total. The number of aromatic nitrogens is 2. The fourth-order valence-corrected chi connectivity index (χ4v) is 5.50. The lowest BCUT2D eigenvalue weighted by Crippen LogP contribution is -2.36. The van der Waals surface area contributed by atoms with Crippen LogP contribution in [0, 0.1) is 0 Å². The molecule has 0 aliphatic carbocycles. The number of carbonyl (C=O) groups is 1. The Balaban J connectivity index is 2.06. The maximum atomic E-state index is 12.2. The molecule has 2 rings (SSSR count). The monoisotopic (exact) mass is 539 g/mol. The van der Waals surface area contributed by atoms with Gasteiger partial charge in [-0.3, -0.25) is 13.9 Å². The second-order valence-corrected chi connectivity index (χ2v) is 10.8. The van der Waals surface area contributed by atoms with E-state index in [9.17, 15) is 38.4 Å². The van der Waals surface area contributed by atoms with Crippen LogP contribution in [0.25, 0.3) is 0 Å². The Labute approximate surface area is 184 Å². The Morgan fingerprint density at radius 1 is 1.15 bits per heavy atom. The van der Waals surface area contributed by atoms with E-state index in [0.717, 1.165) is 10.8 Å². The number of rotatable bonds is 10. The van der Waals surface area contributed by atoms with Gasteiger partial charge in [-0.15, -0.1) is 0 Å². The van der Waals surface area contributed by atoms with Gasteiger partial charge >= 0.3 is 29.2 Å². The molecule has 0 radical (unpaired) electrons. The summed E-state index contributed by atoms with van der Waals surface area (Å²) in [6.45, 7) is 0.522. The van der Waals surface area contributed by atoms with Gasteiger partial charge in [0.1, 0.15) is 24.1 Å². The molecule has 188 valence electrons. The quantitative estimate of drug-likeness (QED) is 0.168. The predicted molar refractivity (Wildman–Crippen MR) is 103 cm³/mol. The van der Waals surface area contributed by atoms with Gasteiger partial charge in [0.15, 0.2) is 6.23 Å². The number of aliphatic hydroxyl groups excluding tert-OH is 2. The average molecular weight is 539 g/mol. The van der Waals surface area contributed by atoms with Gasteiger partial charge in [-0.25, -0.2) is 18.5 Å². The minimum Gasteiger partial charge on any atom is -0.387 e. The van der Waals surface area contributed by atoms with Crippen LogP contribution in [0.2, 0.25) is 0 Å². The van der Waals surface area contributed by atoms with Crippen LogP contribution < -0.4 is 11.0 Å². The number of amides is 1. The molecule has 2 unspecified atom stereocenters. The number of aliphatic hydroxyl groups is 2. The summed E-state index contributed by atoms with van der Waals surface area (Å²) in [6.07, 6.45) is -5.49. The summed E-state index contributed by atoms with van der Waals surface area (Å²) in [5.74, 6) is -0.501. The van der Waals surface area contributed by atoms with E-state index in [1.807, 2.05) is 0 Å². The molecule has 1 amide bonds. The molecule has 1 aromatic rings. The zero-order chi connectivity index (χ0) is 25.2. The minimum absolute atomic E-state index is 0.0830. The molecule has 1 aliphatic rings. The first kappa shape index (κ1) is 27.9. The number of ether oxygens (including phenoxy) is 1. The van der Waals surface area contributed by atoms with Crippen LogP contribution in [-0.4, -0.2) is 70.2 Å². The molecule has 6 atom stereocenters. The van der Waals surface area contributed by atoms with Gasteiger partial charge in [-0.2, -0.15) is 13.6 Å². The summed E-state index contributed by atoms with van der Waals surface area (Å²) in [5.41, 5.74) is -0.992. The lowest BCUT2D eigenvalue weighted by atomic mass is 10.1. The molecule has 1 fully saturated rings. The van der Waals surface area contributed by atoms with E-state index in [0.29, 0.717) is 0 Å². The van der Waals surface area contributed by atoms with Crippen molar-refractivity contribution in [2.75, 3.05) is 11.9 Å². The molecule has 0 spiro atoms. The SMILES string of the molecule is CCC(=O)Nc1ccn([C@@H]2O[C@H](COP(=O)(O)OP(=O)(O)OP(=O)(O)O)[C@@H](O)[C@H]2O)c(=O)n1. The molecule has 1 saturated heterocycles. The largest absolute Gasteiger partial charge is 0.490 e. The van der Waals surface area contributed by atoms with Crippen molar-refractivity contribution < 1.29 is 66.2 Å². The van der Waals surface area contributed by atoms with Gasteiger partial charge in [-0.1, -0.05) is 6.92 Å². The summed E-state index contributed by atoms with van der Waals surface area (Å²) in [4.78, 5) is 62.7. The number of phosphoric ester groups is 1. The third kappa shape index (κ3) is 8.12. The minimum atomic E-state index is -5.75. The van der Waals surface area contributed by atoms with Crippen molar-refractivity contribution >= 4 is 35.2 Å². The predicted octanol–water partition coefficient (Wildman–Crippen LogP) is -1.45. The van der Waals surface area contributed by atoms with Crippen molar-refractivity contribution in [1.82, 2.24) is 9.55 Å². The first-order chi connectivity index (χ1) is 15.0. The van der Waals surface area contributed by atoms with Gasteiger partial charge < -0.3 is 39.8 Å². The number of hydrogen-bond donors (Lipinski definition) is 7. The normalized spacial score (nSPS) is 27.0. The highest BCUT2D eigenvalue weighted by Crippen LogP contribution is 2.66. The molecule has 2 heterocycles. The van der Waals surface area contributed by atoms with Crippen LogP contribution in [0.4, 0.5) is 5.82 Å². The standard InChI is InChI=1S/C12H20N3O15P3/c1-2-8(16)13-7-3-4-15(12(19)14-7)11-10(18)9(17)6(28-11)5-27-32(23,24)30-33(25,26)29-31(20,21)22/h3-4,6,9-11,17-18H,2,5H2,1H3,(H,23,24)(H,25,26)(H2,20,21,22)(H,13,14,16,19)/t6-,9-,10-,11-/m1/s1. The Morgan fingerprint density at radius 2 is 1.79 bits per heavy atom. The van der Waals surface area contributed by atoms with Gasteiger partial charge in [0.05, 0.1) is 6.61 Å². The van der Waals surface area contributed by atoms with E-state index in [1.54, 1.807) is 6.92 Å². The fraction of sp³-hybridized carbons (Fsp3) is 0.583. The molecular weight excluding hydrogens is 519 g/mol. The first-order valence-electron chi connectivity index (χ1n) is 8.72. The van der Waals surface area contributed by atoms with E-state index < -0.39 is 66.2 Å².